The zero-order valence-electron chi connectivity index (χ0n) is 9.21. The van der Waals surface area contributed by atoms with Gasteiger partial charge >= 0.3 is 0 Å². The van der Waals surface area contributed by atoms with Crippen LogP contribution >= 0.6 is 11.6 Å². The molecule has 0 saturated carbocycles. The maximum Gasteiger partial charge on any atom is 0.159 e. The summed E-state index contributed by atoms with van der Waals surface area (Å²) in [5, 5.41) is -0.606. The van der Waals surface area contributed by atoms with Gasteiger partial charge < -0.3 is 4.42 Å². The number of rotatable bonds is 3. The zero-order valence-corrected chi connectivity index (χ0v) is 9.97. The van der Waals surface area contributed by atoms with Crippen molar-refractivity contribution >= 4 is 11.6 Å². The largest absolute Gasteiger partial charge is 0.464 e. The van der Waals surface area contributed by atoms with Crippen molar-refractivity contribution in [1.29, 1.82) is 0 Å². The van der Waals surface area contributed by atoms with E-state index in [4.69, 9.17) is 16.0 Å². The normalized spacial score (nSPS) is 12.7. The van der Waals surface area contributed by atoms with Crippen LogP contribution in [0.25, 0.3) is 0 Å². The van der Waals surface area contributed by atoms with E-state index in [9.17, 15) is 8.78 Å². The van der Waals surface area contributed by atoms with E-state index in [1.165, 1.54) is 6.07 Å². The number of hydrogen-bond acceptors (Lipinski definition) is 1. The van der Waals surface area contributed by atoms with Crippen LogP contribution in [0.5, 0.6) is 0 Å². The number of furan rings is 1. The molecule has 0 fully saturated rings. The van der Waals surface area contributed by atoms with Crippen LogP contribution in [0, 0.1) is 11.6 Å². The first kappa shape index (κ1) is 12.1. The van der Waals surface area contributed by atoms with E-state index in [1.807, 2.05) is 13.0 Å². The maximum absolute atomic E-state index is 13.1. The molecule has 1 atom stereocenters. The average molecular weight is 257 g/mol. The van der Waals surface area contributed by atoms with E-state index < -0.39 is 17.0 Å². The molecule has 0 spiro atoms. The Balaban J connectivity index is 2.29. The first-order valence-corrected chi connectivity index (χ1v) is 5.73. The molecule has 4 heteroatoms. The minimum Gasteiger partial charge on any atom is -0.464 e. The first-order chi connectivity index (χ1) is 8.11. The number of aryl methyl sites for hydroxylation is 1. The fraction of sp³-hybridized carbons (Fsp3) is 0.231. The molecule has 2 rings (SSSR count). The molecule has 0 amide bonds. The summed E-state index contributed by atoms with van der Waals surface area (Å²) in [6.07, 6.45) is 0.765. The van der Waals surface area contributed by atoms with Crippen LogP contribution in [-0.2, 0) is 6.42 Å². The van der Waals surface area contributed by atoms with Crippen molar-refractivity contribution in [3.63, 3.8) is 0 Å². The molecule has 2 aromatic rings. The molecule has 0 N–H and O–H groups in total. The molecule has 0 aliphatic rings. The summed E-state index contributed by atoms with van der Waals surface area (Å²) in [4.78, 5) is 0. The Morgan fingerprint density at radius 1 is 1.18 bits per heavy atom. The van der Waals surface area contributed by atoms with Crippen molar-refractivity contribution in [2.45, 2.75) is 18.7 Å². The summed E-state index contributed by atoms with van der Waals surface area (Å²) in [7, 11) is 0. The van der Waals surface area contributed by atoms with E-state index in [0.717, 1.165) is 24.3 Å². The SMILES string of the molecule is CCc1ccc(C(Cl)c2ccc(F)c(F)c2)o1. The van der Waals surface area contributed by atoms with Gasteiger partial charge in [-0.1, -0.05) is 13.0 Å². The molecule has 90 valence electrons. The van der Waals surface area contributed by atoms with Crippen molar-refractivity contribution in [2.75, 3.05) is 0 Å². The summed E-state index contributed by atoms with van der Waals surface area (Å²) in [5.74, 6) is -0.440. The third kappa shape index (κ3) is 2.50. The third-order valence-electron chi connectivity index (χ3n) is 2.52. The molecule has 0 radical (unpaired) electrons. The van der Waals surface area contributed by atoms with E-state index in [0.29, 0.717) is 11.3 Å². The predicted molar refractivity (Wildman–Crippen MR) is 62.1 cm³/mol. The Bertz CT molecular complexity index is 522. The van der Waals surface area contributed by atoms with Crippen LogP contribution in [0.3, 0.4) is 0 Å². The molecular formula is C13H11ClF2O. The van der Waals surface area contributed by atoms with Crippen molar-refractivity contribution < 1.29 is 13.2 Å². The summed E-state index contributed by atoms with van der Waals surface area (Å²) < 4.78 is 31.3. The van der Waals surface area contributed by atoms with Gasteiger partial charge in [-0.05, 0) is 29.8 Å². The molecule has 1 aromatic heterocycles. The van der Waals surface area contributed by atoms with E-state index in [-0.39, 0.29) is 0 Å². The Morgan fingerprint density at radius 3 is 2.53 bits per heavy atom. The van der Waals surface area contributed by atoms with Gasteiger partial charge in [0.25, 0.3) is 0 Å². The van der Waals surface area contributed by atoms with Gasteiger partial charge in [-0.15, -0.1) is 11.6 Å². The van der Waals surface area contributed by atoms with E-state index in [1.54, 1.807) is 6.07 Å². The summed E-state index contributed by atoms with van der Waals surface area (Å²) in [6.45, 7) is 1.96. The van der Waals surface area contributed by atoms with Gasteiger partial charge in [0.1, 0.15) is 16.9 Å². The average Bonchev–Trinajstić information content (AvgIpc) is 2.80. The maximum atomic E-state index is 13.1. The fourth-order valence-corrected chi connectivity index (χ4v) is 1.81. The molecule has 1 aromatic carbocycles. The third-order valence-corrected chi connectivity index (χ3v) is 2.98. The number of hydrogen-bond donors (Lipinski definition) is 0. The second-order valence-corrected chi connectivity index (χ2v) is 4.13. The Morgan fingerprint density at radius 2 is 1.94 bits per heavy atom. The van der Waals surface area contributed by atoms with Crippen LogP contribution in [0.15, 0.2) is 34.7 Å². The van der Waals surface area contributed by atoms with Crippen molar-refractivity contribution in [1.82, 2.24) is 0 Å². The number of alkyl halides is 1. The van der Waals surface area contributed by atoms with E-state index >= 15 is 0 Å². The molecule has 1 unspecified atom stereocenters. The lowest BCUT2D eigenvalue weighted by molar-refractivity contribution is 0.472. The summed E-state index contributed by atoms with van der Waals surface area (Å²) in [6, 6.07) is 7.16. The second-order valence-electron chi connectivity index (χ2n) is 3.69. The van der Waals surface area contributed by atoms with Crippen LogP contribution < -0.4 is 0 Å². The van der Waals surface area contributed by atoms with Crippen LogP contribution in [0.1, 0.15) is 29.4 Å². The minimum absolute atomic E-state index is 0.475. The smallest absolute Gasteiger partial charge is 0.159 e. The molecular weight excluding hydrogens is 246 g/mol. The van der Waals surface area contributed by atoms with Gasteiger partial charge in [-0.2, -0.15) is 0 Å². The Hall–Kier alpha value is -1.35. The highest BCUT2D eigenvalue weighted by Gasteiger charge is 2.16. The predicted octanol–water partition coefficient (Wildman–Crippen LogP) is 4.45. The molecule has 0 saturated heterocycles. The van der Waals surface area contributed by atoms with Crippen molar-refractivity contribution in [3.8, 4) is 0 Å². The second kappa shape index (κ2) is 4.88. The number of halogens is 3. The first-order valence-electron chi connectivity index (χ1n) is 5.29. The lowest BCUT2D eigenvalue weighted by Gasteiger charge is -2.07. The van der Waals surface area contributed by atoms with Crippen LogP contribution in [-0.4, -0.2) is 0 Å². The topological polar surface area (TPSA) is 13.1 Å². The van der Waals surface area contributed by atoms with Gasteiger partial charge in [0.2, 0.25) is 0 Å². The fourth-order valence-electron chi connectivity index (χ4n) is 1.56. The monoisotopic (exact) mass is 256 g/mol. The summed E-state index contributed by atoms with van der Waals surface area (Å²) >= 11 is 6.14. The van der Waals surface area contributed by atoms with Crippen molar-refractivity contribution in [2.24, 2.45) is 0 Å². The highest BCUT2D eigenvalue weighted by Crippen LogP contribution is 2.30. The Kier molecular flexibility index (Phi) is 3.48. The standard InChI is InChI=1S/C13H11ClF2O/c1-2-9-4-6-12(17-9)13(14)8-3-5-10(15)11(16)7-8/h3-7,13H,2H2,1H3. The Labute approximate surface area is 103 Å². The molecule has 0 bridgehead atoms. The molecule has 0 aliphatic heterocycles. The van der Waals surface area contributed by atoms with Crippen LogP contribution in [0.2, 0.25) is 0 Å². The minimum atomic E-state index is -0.907. The highest BCUT2D eigenvalue weighted by molar-refractivity contribution is 6.22. The van der Waals surface area contributed by atoms with E-state index in [2.05, 4.69) is 0 Å². The quantitative estimate of drug-likeness (QED) is 0.740. The van der Waals surface area contributed by atoms with Gasteiger partial charge in [-0.25, -0.2) is 8.78 Å². The molecule has 1 nitrogen and oxygen atoms in total. The zero-order chi connectivity index (χ0) is 12.4. The van der Waals surface area contributed by atoms with Crippen molar-refractivity contribution in [3.05, 3.63) is 59.1 Å². The molecule has 0 aliphatic carbocycles. The highest BCUT2D eigenvalue weighted by atomic mass is 35.5. The lowest BCUT2D eigenvalue weighted by Crippen LogP contribution is -1.94. The lowest BCUT2D eigenvalue weighted by atomic mass is 10.1. The molecule has 17 heavy (non-hydrogen) atoms. The summed E-state index contributed by atoms with van der Waals surface area (Å²) in [5.41, 5.74) is 0.475. The van der Waals surface area contributed by atoms with Gasteiger partial charge in [-0.3, -0.25) is 0 Å². The number of benzene rings is 1. The van der Waals surface area contributed by atoms with Gasteiger partial charge in [0.15, 0.2) is 11.6 Å². The van der Waals surface area contributed by atoms with Crippen LogP contribution in [0.4, 0.5) is 8.78 Å². The van der Waals surface area contributed by atoms with Gasteiger partial charge in [0, 0.05) is 6.42 Å². The molecule has 1 heterocycles. The van der Waals surface area contributed by atoms with Gasteiger partial charge in [0.05, 0.1) is 0 Å².